The summed E-state index contributed by atoms with van der Waals surface area (Å²) in [7, 11) is 0. The smallest absolute Gasteiger partial charge is 0.416 e. The number of alkyl halides is 3. The first-order valence-corrected chi connectivity index (χ1v) is 4.59. The number of aliphatic hydroxyl groups excluding tert-OH is 1. The van der Waals surface area contributed by atoms with Crippen LogP contribution in [0.4, 0.5) is 18.0 Å². The predicted octanol–water partition coefficient (Wildman–Crippen LogP) is 1.83. The molecule has 0 bridgehead atoms. The molecule has 0 aliphatic heterocycles. The molecule has 0 spiro atoms. The number of ether oxygens (including phenoxy) is 1. The molecule has 0 heterocycles. The Labute approximate surface area is 94.8 Å². The largest absolute Gasteiger partial charge is 0.439 e. The minimum absolute atomic E-state index is 0.332. The average Bonchev–Trinajstić information content (AvgIpc) is 2.24. The molecule has 4 nitrogen and oxygen atoms in total. The van der Waals surface area contributed by atoms with Gasteiger partial charge in [-0.3, -0.25) is 0 Å². The zero-order valence-electron chi connectivity index (χ0n) is 8.57. The van der Waals surface area contributed by atoms with E-state index in [9.17, 15) is 18.0 Å². The van der Waals surface area contributed by atoms with Crippen LogP contribution in [0.3, 0.4) is 0 Å². The number of rotatable bonds is 3. The first-order chi connectivity index (χ1) is 7.86. The minimum Gasteiger partial charge on any atom is -0.439 e. The van der Waals surface area contributed by atoms with Crippen LogP contribution in [0, 0.1) is 0 Å². The fourth-order valence-corrected chi connectivity index (χ4v) is 1.38. The molecular formula is C10H10F3NO3. The van der Waals surface area contributed by atoms with Gasteiger partial charge in [0.05, 0.1) is 12.2 Å². The molecule has 0 aliphatic carbocycles. The Balaban J connectivity index is 3.15. The maximum atomic E-state index is 12.6. The van der Waals surface area contributed by atoms with Crippen molar-refractivity contribution in [3.8, 4) is 0 Å². The van der Waals surface area contributed by atoms with Gasteiger partial charge in [-0.1, -0.05) is 18.2 Å². The lowest BCUT2D eigenvalue weighted by molar-refractivity contribution is -0.139. The Bertz CT molecular complexity index is 406. The van der Waals surface area contributed by atoms with Gasteiger partial charge in [-0.15, -0.1) is 0 Å². The van der Waals surface area contributed by atoms with Gasteiger partial charge < -0.3 is 15.6 Å². The molecule has 1 amide bonds. The Kier molecular flexibility index (Phi) is 3.95. The van der Waals surface area contributed by atoms with Crippen molar-refractivity contribution in [2.24, 2.45) is 5.73 Å². The molecule has 1 aromatic carbocycles. The van der Waals surface area contributed by atoms with E-state index >= 15 is 0 Å². The Hall–Kier alpha value is -1.76. The summed E-state index contributed by atoms with van der Waals surface area (Å²) in [5.41, 5.74) is 3.41. The summed E-state index contributed by atoms with van der Waals surface area (Å²) in [5, 5.41) is 8.92. The van der Waals surface area contributed by atoms with Crippen molar-refractivity contribution >= 4 is 6.09 Å². The highest BCUT2D eigenvalue weighted by Gasteiger charge is 2.35. The van der Waals surface area contributed by atoms with E-state index in [0.717, 1.165) is 12.1 Å². The monoisotopic (exact) mass is 249 g/mol. The summed E-state index contributed by atoms with van der Waals surface area (Å²) in [6.45, 7) is -0.782. The number of aliphatic hydroxyl groups is 1. The van der Waals surface area contributed by atoms with E-state index in [-0.39, 0.29) is 5.56 Å². The topological polar surface area (TPSA) is 72.6 Å². The van der Waals surface area contributed by atoms with E-state index in [4.69, 9.17) is 10.8 Å². The first kappa shape index (κ1) is 13.3. The van der Waals surface area contributed by atoms with E-state index in [2.05, 4.69) is 4.74 Å². The Morgan fingerprint density at radius 1 is 1.41 bits per heavy atom. The van der Waals surface area contributed by atoms with Gasteiger partial charge in [-0.2, -0.15) is 13.2 Å². The van der Waals surface area contributed by atoms with Crippen molar-refractivity contribution < 1.29 is 27.8 Å². The van der Waals surface area contributed by atoms with Crippen LogP contribution >= 0.6 is 0 Å². The highest BCUT2D eigenvalue weighted by Crippen LogP contribution is 2.35. The number of halogens is 3. The lowest BCUT2D eigenvalue weighted by Gasteiger charge is -2.19. The fraction of sp³-hybridized carbons (Fsp3) is 0.300. The summed E-state index contributed by atoms with van der Waals surface area (Å²) in [5.74, 6) is 0. The van der Waals surface area contributed by atoms with Gasteiger partial charge in [-0.25, -0.2) is 4.79 Å². The van der Waals surface area contributed by atoms with Gasteiger partial charge in [0.1, 0.15) is 0 Å². The van der Waals surface area contributed by atoms with Gasteiger partial charge in [0.25, 0.3) is 0 Å². The number of nitrogens with two attached hydrogens (primary N) is 1. The molecule has 1 rings (SSSR count). The van der Waals surface area contributed by atoms with Crippen LogP contribution in [0.1, 0.15) is 17.2 Å². The van der Waals surface area contributed by atoms with Crippen molar-refractivity contribution in [3.63, 3.8) is 0 Å². The zero-order valence-corrected chi connectivity index (χ0v) is 8.57. The lowest BCUT2D eigenvalue weighted by Crippen LogP contribution is -2.22. The molecule has 17 heavy (non-hydrogen) atoms. The number of hydrogen-bond donors (Lipinski definition) is 2. The van der Waals surface area contributed by atoms with Crippen molar-refractivity contribution in [2.45, 2.75) is 12.3 Å². The van der Waals surface area contributed by atoms with Crippen LogP contribution in [0.5, 0.6) is 0 Å². The third kappa shape index (κ3) is 3.35. The summed E-state index contributed by atoms with van der Waals surface area (Å²) in [6.07, 6.45) is -7.27. The van der Waals surface area contributed by atoms with Crippen LogP contribution in [0.2, 0.25) is 0 Å². The van der Waals surface area contributed by atoms with Crippen LogP contribution in [-0.4, -0.2) is 17.8 Å². The number of carbonyl (C=O) groups is 1. The van der Waals surface area contributed by atoms with Crippen molar-refractivity contribution in [1.82, 2.24) is 0 Å². The van der Waals surface area contributed by atoms with Gasteiger partial charge >= 0.3 is 12.3 Å². The van der Waals surface area contributed by atoms with E-state index in [1.165, 1.54) is 12.1 Å². The van der Waals surface area contributed by atoms with E-state index in [1.807, 2.05) is 0 Å². The molecule has 0 aromatic heterocycles. The number of primary amides is 1. The molecule has 0 saturated carbocycles. The molecule has 0 fully saturated rings. The number of amides is 1. The summed E-state index contributed by atoms with van der Waals surface area (Å²) in [4.78, 5) is 10.5. The third-order valence-corrected chi connectivity index (χ3v) is 2.04. The molecule has 1 aromatic rings. The molecule has 94 valence electrons. The summed E-state index contributed by atoms with van der Waals surface area (Å²) in [6, 6.07) is 4.50. The average molecular weight is 249 g/mol. The van der Waals surface area contributed by atoms with Gasteiger partial charge in [0, 0.05) is 5.56 Å². The molecule has 0 radical (unpaired) electrons. The third-order valence-electron chi connectivity index (χ3n) is 2.04. The van der Waals surface area contributed by atoms with Gasteiger partial charge in [0.2, 0.25) is 0 Å². The van der Waals surface area contributed by atoms with E-state index in [0.29, 0.717) is 0 Å². The van der Waals surface area contributed by atoms with Crippen LogP contribution in [0.15, 0.2) is 24.3 Å². The molecule has 0 aliphatic rings. The maximum Gasteiger partial charge on any atom is 0.416 e. The molecule has 1 atom stereocenters. The number of hydrogen-bond acceptors (Lipinski definition) is 3. The second kappa shape index (κ2) is 5.05. The first-order valence-electron chi connectivity index (χ1n) is 4.59. The zero-order chi connectivity index (χ0) is 13.1. The summed E-state index contributed by atoms with van der Waals surface area (Å²) < 4.78 is 42.3. The molecule has 3 N–H and O–H groups in total. The van der Waals surface area contributed by atoms with Gasteiger partial charge in [0.15, 0.2) is 6.10 Å². The fourth-order valence-electron chi connectivity index (χ4n) is 1.38. The van der Waals surface area contributed by atoms with Crippen molar-refractivity contribution in [1.29, 1.82) is 0 Å². The Morgan fingerprint density at radius 3 is 2.47 bits per heavy atom. The number of benzene rings is 1. The highest BCUT2D eigenvalue weighted by molar-refractivity contribution is 5.65. The summed E-state index contributed by atoms with van der Waals surface area (Å²) >= 11 is 0. The second-order valence-electron chi connectivity index (χ2n) is 3.19. The molecule has 0 saturated heterocycles. The molecular weight excluding hydrogens is 239 g/mol. The quantitative estimate of drug-likeness (QED) is 0.858. The van der Waals surface area contributed by atoms with Crippen molar-refractivity contribution in [3.05, 3.63) is 35.4 Å². The highest BCUT2D eigenvalue weighted by atomic mass is 19.4. The molecule has 1 unspecified atom stereocenters. The van der Waals surface area contributed by atoms with Crippen LogP contribution < -0.4 is 5.73 Å². The lowest BCUT2D eigenvalue weighted by atomic mass is 10.0. The van der Waals surface area contributed by atoms with E-state index in [1.54, 1.807) is 0 Å². The Morgan fingerprint density at radius 2 is 2.00 bits per heavy atom. The minimum atomic E-state index is -4.59. The van der Waals surface area contributed by atoms with Crippen molar-refractivity contribution in [2.75, 3.05) is 6.61 Å². The van der Waals surface area contributed by atoms with Gasteiger partial charge in [-0.05, 0) is 6.07 Å². The second-order valence-corrected chi connectivity index (χ2v) is 3.19. The van der Waals surface area contributed by atoms with E-state index < -0.39 is 30.5 Å². The number of carbonyl (C=O) groups excluding carboxylic acids is 1. The standard InChI is InChI=1S/C10H10F3NO3/c11-10(12,13)7-4-2-1-3-6(7)8(5-15)17-9(14)16/h1-4,8,15H,5H2,(H2,14,16). The maximum absolute atomic E-state index is 12.6. The predicted molar refractivity (Wildman–Crippen MR) is 51.9 cm³/mol. The normalized spacial score (nSPS) is 13.2. The molecule has 7 heteroatoms. The van der Waals surface area contributed by atoms with Crippen LogP contribution in [-0.2, 0) is 10.9 Å². The van der Waals surface area contributed by atoms with Crippen LogP contribution in [0.25, 0.3) is 0 Å². The SMILES string of the molecule is NC(=O)OC(CO)c1ccccc1C(F)(F)F.